The Morgan fingerprint density at radius 1 is 1.14 bits per heavy atom. The minimum atomic E-state index is -4.78. The first-order valence-corrected chi connectivity index (χ1v) is 11.1. The number of likely N-dealkylation sites (tertiary alicyclic amines) is 1. The van der Waals surface area contributed by atoms with Crippen molar-refractivity contribution >= 4 is 17.5 Å². The molecule has 7 nitrogen and oxygen atoms in total. The predicted molar refractivity (Wildman–Crippen MR) is 120 cm³/mol. The molecule has 1 aliphatic rings. The van der Waals surface area contributed by atoms with Crippen molar-refractivity contribution in [3.8, 4) is 11.1 Å². The van der Waals surface area contributed by atoms with E-state index >= 15 is 0 Å². The maximum absolute atomic E-state index is 14.0. The Morgan fingerprint density at radius 3 is 2.53 bits per heavy atom. The lowest BCUT2D eigenvalue weighted by Gasteiger charge is -2.16. The number of hydrogen-bond donors (Lipinski definition) is 1. The van der Waals surface area contributed by atoms with Gasteiger partial charge in [-0.15, -0.1) is 0 Å². The SMILES string of the molecule is NC(=O)Cc1c(C(=O)N2CCC(c3ccc(F)cc3)C2)nc2c(C(F)(F)F)cc(-c3ccoc3)cn12. The number of hydrogen-bond acceptors (Lipinski definition) is 4. The molecule has 5 rings (SSSR count). The molecule has 1 aromatic carbocycles. The van der Waals surface area contributed by atoms with E-state index in [0.717, 1.165) is 16.0 Å². The van der Waals surface area contributed by atoms with Crippen molar-refractivity contribution in [1.29, 1.82) is 0 Å². The molecule has 0 radical (unpaired) electrons. The number of halogens is 4. The van der Waals surface area contributed by atoms with Gasteiger partial charge < -0.3 is 19.5 Å². The van der Waals surface area contributed by atoms with Crippen LogP contribution in [-0.2, 0) is 17.4 Å². The van der Waals surface area contributed by atoms with Gasteiger partial charge in [0.15, 0.2) is 5.69 Å². The van der Waals surface area contributed by atoms with Crippen LogP contribution >= 0.6 is 0 Å². The molecule has 3 aromatic heterocycles. The van der Waals surface area contributed by atoms with Gasteiger partial charge in [0.1, 0.15) is 11.5 Å². The normalized spacial score (nSPS) is 16.1. The summed E-state index contributed by atoms with van der Waals surface area (Å²) in [6, 6.07) is 8.38. The van der Waals surface area contributed by atoms with E-state index in [1.165, 1.54) is 41.8 Å². The zero-order chi connectivity index (χ0) is 25.6. The van der Waals surface area contributed by atoms with Gasteiger partial charge in [0.05, 0.1) is 30.2 Å². The molecule has 0 aliphatic carbocycles. The molecule has 1 fully saturated rings. The highest BCUT2D eigenvalue weighted by Gasteiger charge is 2.37. The Balaban J connectivity index is 1.59. The Morgan fingerprint density at radius 2 is 1.89 bits per heavy atom. The Bertz CT molecular complexity index is 1440. The minimum Gasteiger partial charge on any atom is -0.472 e. The molecule has 11 heteroatoms. The Kier molecular flexibility index (Phi) is 5.77. The van der Waals surface area contributed by atoms with E-state index in [2.05, 4.69) is 4.98 Å². The van der Waals surface area contributed by atoms with Gasteiger partial charge in [-0.25, -0.2) is 9.37 Å². The van der Waals surface area contributed by atoms with Crippen LogP contribution in [0.5, 0.6) is 0 Å². The molecule has 4 heterocycles. The molecule has 1 aliphatic heterocycles. The van der Waals surface area contributed by atoms with E-state index in [0.29, 0.717) is 18.5 Å². The van der Waals surface area contributed by atoms with Gasteiger partial charge >= 0.3 is 6.18 Å². The summed E-state index contributed by atoms with van der Waals surface area (Å²) in [5, 5.41) is 0. The molecular formula is C25H20F4N4O3. The smallest absolute Gasteiger partial charge is 0.420 e. The summed E-state index contributed by atoms with van der Waals surface area (Å²) in [5.41, 5.74) is 4.96. The van der Waals surface area contributed by atoms with Crippen LogP contribution in [0.1, 0.15) is 39.6 Å². The predicted octanol–water partition coefficient (Wildman–Crippen LogP) is 4.41. The fourth-order valence-corrected chi connectivity index (χ4v) is 4.59. The van der Waals surface area contributed by atoms with Crippen molar-refractivity contribution < 1.29 is 31.6 Å². The van der Waals surface area contributed by atoms with Crippen LogP contribution in [0.15, 0.2) is 59.5 Å². The van der Waals surface area contributed by atoms with E-state index in [1.807, 2.05) is 0 Å². The molecule has 2 amide bonds. The summed E-state index contributed by atoms with van der Waals surface area (Å²) in [4.78, 5) is 30.9. The average molecular weight is 500 g/mol. The average Bonchev–Trinajstić information content (AvgIpc) is 3.58. The first kappa shape index (κ1) is 23.6. The molecule has 186 valence electrons. The number of aromatic nitrogens is 2. The molecule has 0 saturated carbocycles. The quantitative estimate of drug-likeness (QED) is 0.411. The molecule has 0 bridgehead atoms. The van der Waals surface area contributed by atoms with Crippen molar-refractivity contribution in [1.82, 2.24) is 14.3 Å². The van der Waals surface area contributed by atoms with E-state index in [9.17, 15) is 27.2 Å². The molecule has 36 heavy (non-hydrogen) atoms. The third-order valence-corrected chi connectivity index (χ3v) is 6.34. The Hall–Kier alpha value is -4.15. The standard InChI is InChI=1S/C25H20F4N4O3/c26-18-3-1-14(2-4-18)15-5-7-32(11-15)24(35)22-20(10-21(30)34)33-12-17(16-6-8-36-13-16)9-19(23(33)31-22)25(27,28)29/h1-4,6,8-9,12-13,15H,5,7,10-11H2,(H2,30,34). The number of furan rings is 1. The van der Waals surface area contributed by atoms with E-state index in [4.69, 9.17) is 10.2 Å². The van der Waals surface area contributed by atoms with Crippen molar-refractivity contribution in [3.63, 3.8) is 0 Å². The summed E-state index contributed by atoms with van der Waals surface area (Å²) in [5.74, 6) is -1.86. The zero-order valence-corrected chi connectivity index (χ0v) is 18.8. The second-order valence-electron chi connectivity index (χ2n) is 8.68. The molecule has 2 N–H and O–H groups in total. The number of amides is 2. The summed E-state index contributed by atoms with van der Waals surface area (Å²) < 4.78 is 61.5. The van der Waals surface area contributed by atoms with Crippen LogP contribution in [0.3, 0.4) is 0 Å². The second-order valence-corrected chi connectivity index (χ2v) is 8.68. The lowest BCUT2D eigenvalue weighted by atomic mass is 9.99. The van der Waals surface area contributed by atoms with Gasteiger partial charge in [0, 0.05) is 36.3 Å². The minimum absolute atomic E-state index is 0.0245. The number of carbonyl (C=O) groups is 2. The number of benzene rings is 1. The summed E-state index contributed by atoms with van der Waals surface area (Å²) in [7, 11) is 0. The van der Waals surface area contributed by atoms with E-state index in [-0.39, 0.29) is 35.2 Å². The number of nitrogens with zero attached hydrogens (tertiary/aromatic N) is 3. The van der Waals surface area contributed by atoms with Gasteiger partial charge in [-0.3, -0.25) is 9.59 Å². The number of rotatable bonds is 5. The van der Waals surface area contributed by atoms with Gasteiger partial charge in [-0.2, -0.15) is 13.2 Å². The third-order valence-electron chi connectivity index (χ3n) is 6.34. The highest BCUT2D eigenvalue weighted by Crippen LogP contribution is 2.37. The second kappa shape index (κ2) is 8.81. The first-order valence-electron chi connectivity index (χ1n) is 11.1. The highest BCUT2D eigenvalue weighted by atomic mass is 19.4. The molecule has 1 unspecified atom stereocenters. The van der Waals surface area contributed by atoms with Crippen LogP contribution in [0.4, 0.5) is 17.6 Å². The van der Waals surface area contributed by atoms with E-state index < -0.39 is 35.6 Å². The molecular weight excluding hydrogens is 480 g/mol. The lowest BCUT2D eigenvalue weighted by Crippen LogP contribution is -2.30. The van der Waals surface area contributed by atoms with Crippen molar-refractivity contribution in [2.24, 2.45) is 5.73 Å². The van der Waals surface area contributed by atoms with Gasteiger partial charge in [0.2, 0.25) is 5.91 Å². The molecule has 1 saturated heterocycles. The van der Waals surface area contributed by atoms with Crippen molar-refractivity contribution in [2.75, 3.05) is 13.1 Å². The lowest BCUT2D eigenvalue weighted by molar-refractivity contribution is -0.136. The molecule has 0 spiro atoms. The number of fused-ring (bicyclic) bond motifs is 1. The van der Waals surface area contributed by atoms with Gasteiger partial charge in [-0.1, -0.05) is 12.1 Å². The number of imidazole rings is 1. The number of carbonyl (C=O) groups excluding carboxylic acids is 2. The van der Waals surface area contributed by atoms with Crippen LogP contribution in [-0.4, -0.2) is 39.2 Å². The van der Waals surface area contributed by atoms with Crippen LogP contribution < -0.4 is 5.73 Å². The fraction of sp³-hybridized carbons (Fsp3) is 0.240. The van der Waals surface area contributed by atoms with Crippen molar-refractivity contribution in [2.45, 2.75) is 24.9 Å². The fourth-order valence-electron chi connectivity index (χ4n) is 4.59. The monoisotopic (exact) mass is 500 g/mol. The zero-order valence-electron chi connectivity index (χ0n) is 18.8. The number of pyridine rings is 1. The summed E-state index contributed by atoms with van der Waals surface area (Å²) in [6.45, 7) is 0.609. The number of nitrogens with two attached hydrogens (primary N) is 1. The third kappa shape index (κ3) is 4.32. The highest BCUT2D eigenvalue weighted by molar-refractivity contribution is 5.96. The maximum Gasteiger partial charge on any atom is 0.420 e. The van der Waals surface area contributed by atoms with Crippen LogP contribution in [0.25, 0.3) is 16.8 Å². The van der Waals surface area contributed by atoms with Crippen LogP contribution in [0, 0.1) is 5.82 Å². The van der Waals surface area contributed by atoms with Gasteiger partial charge in [0.25, 0.3) is 5.91 Å². The molecule has 4 aromatic rings. The maximum atomic E-state index is 14.0. The van der Waals surface area contributed by atoms with E-state index in [1.54, 1.807) is 12.1 Å². The largest absolute Gasteiger partial charge is 0.472 e. The topological polar surface area (TPSA) is 93.8 Å². The first-order chi connectivity index (χ1) is 17.1. The number of primary amides is 1. The van der Waals surface area contributed by atoms with Crippen LogP contribution in [0.2, 0.25) is 0 Å². The van der Waals surface area contributed by atoms with Crippen molar-refractivity contribution in [3.05, 3.63) is 83.5 Å². The molecule has 1 atom stereocenters. The Labute approximate surface area is 202 Å². The van der Waals surface area contributed by atoms with Gasteiger partial charge in [-0.05, 0) is 36.2 Å². The summed E-state index contributed by atoms with van der Waals surface area (Å²) in [6.07, 6.45) is -0.679. The number of alkyl halides is 3. The summed E-state index contributed by atoms with van der Waals surface area (Å²) >= 11 is 0.